The Kier molecular flexibility index (Phi) is 7130. The fraction of sp³-hybridized carbons (Fsp3) is 0. The van der Waals surface area contributed by atoms with Crippen LogP contribution in [0.1, 0.15) is 0 Å². The van der Waals surface area contributed by atoms with Gasteiger partial charge in [0, 0.05) is 0 Å². The number of rotatable bonds is 0. The molecule has 0 N–H and O–H groups in total. The zero-order valence-electron chi connectivity index (χ0n) is 6.50. The van der Waals surface area contributed by atoms with Gasteiger partial charge in [-0.3, -0.25) is 0 Å². The molecule has 0 rings (SSSR count). The van der Waals surface area contributed by atoms with Crippen LogP contribution in [0.5, 0.6) is 0 Å². The largest absolute Gasteiger partial charge is 2.00 e. The second-order valence-electron chi connectivity index (χ2n) is 0. The van der Waals surface area contributed by atoms with Crippen molar-refractivity contribution < 1.29 is 86.8 Å². The Morgan fingerprint density at radius 1 is 0.455 bits per heavy atom. The van der Waals surface area contributed by atoms with E-state index in [-0.39, 0.29) is 86.8 Å². The van der Waals surface area contributed by atoms with Crippen molar-refractivity contribution in [3.05, 3.63) is 26.3 Å². The molecule has 40 valence electrons. The van der Waals surface area contributed by atoms with Gasteiger partial charge >= 0.3 is 86.8 Å². The van der Waals surface area contributed by atoms with Gasteiger partial charge in [0.15, 0.2) is 0 Å². The zero-order valence-corrected chi connectivity index (χ0v) is 16.0. The molecule has 0 bridgehead atoms. The van der Waals surface area contributed by atoms with E-state index < -0.39 is 0 Å². The molecule has 0 heterocycles. The van der Waals surface area contributed by atoms with Gasteiger partial charge in [-0.2, -0.15) is 0 Å². The molecule has 0 saturated heterocycles. The molecule has 0 amide bonds. The van der Waals surface area contributed by atoms with Gasteiger partial charge in [-0.15, -0.1) is 0 Å². The molecule has 0 aromatic rings. The Labute approximate surface area is 132 Å². The molecule has 0 aliphatic carbocycles. The number of hydrogen-bond donors (Lipinski definition) is 0. The van der Waals surface area contributed by atoms with Crippen molar-refractivity contribution in [3.8, 4) is 0 Å². The summed E-state index contributed by atoms with van der Waals surface area (Å²) >= 11 is 0. The Bertz CT molecular complexity index is 63.1. The van der Waals surface area contributed by atoms with Crippen molar-refractivity contribution in [2.75, 3.05) is 0 Å². The molecule has 0 aliphatic heterocycles. The summed E-state index contributed by atoms with van der Waals surface area (Å²) in [6.45, 7) is 19.0. The first-order valence-electron chi connectivity index (χ1n) is 0.894. The van der Waals surface area contributed by atoms with Gasteiger partial charge in [-0.25, -0.2) is 0 Å². The first-order valence-corrected chi connectivity index (χ1v) is 0.894. The maximum Gasteiger partial charge on any atom is 2.00 e. The molecular formula is C4HgN4Na2. The van der Waals surface area contributed by atoms with E-state index in [9.17, 15) is 0 Å². The van der Waals surface area contributed by atoms with Gasteiger partial charge in [0.1, 0.15) is 0 Å². The molecule has 4 nitrogen and oxygen atoms in total. The molecule has 0 spiro atoms. The summed E-state index contributed by atoms with van der Waals surface area (Å²) in [7, 11) is 0. The second-order valence-corrected chi connectivity index (χ2v) is 0. The molecule has 7 heteroatoms. The Balaban J connectivity index is -0.00000000356. The Hall–Kier alpha value is 0.895. The van der Waals surface area contributed by atoms with Crippen LogP contribution in [0, 0.1) is 47.3 Å². The first kappa shape index (κ1) is 58.9. The first-order chi connectivity index (χ1) is 4.00. The van der Waals surface area contributed by atoms with Crippen molar-refractivity contribution >= 4 is 0 Å². The van der Waals surface area contributed by atoms with Crippen LogP contribution in [0.15, 0.2) is 0 Å². The fourth-order valence-corrected chi connectivity index (χ4v) is 0. The Morgan fingerprint density at radius 2 is 0.455 bits per heavy atom. The van der Waals surface area contributed by atoms with E-state index in [1.807, 2.05) is 0 Å². The quantitative estimate of drug-likeness (QED) is 0.321. The third-order valence-corrected chi connectivity index (χ3v) is 0. The van der Waals surface area contributed by atoms with Crippen LogP contribution in [0.25, 0.3) is 0 Å². The molecule has 0 aromatic heterocycles. The van der Waals surface area contributed by atoms with Gasteiger partial charge in [-0.05, 0) is 0 Å². The monoisotopic (exact) mass is 352 g/mol. The van der Waals surface area contributed by atoms with E-state index in [0.717, 1.165) is 0 Å². The third kappa shape index (κ3) is 1080. The van der Waals surface area contributed by atoms with E-state index in [4.69, 9.17) is 47.3 Å². The summed E-state index contributed by atoms with van der Waals surface area (Å²) in [5.74, 6) is 0. The molecule has 0 fully saturated rings. The van der Waals surface area contributed by atoms with Crippen molar-refractivity contribution in [2.24, 2.45) is 0 Å². The summed E-state index contributed by atoms with van der Waals surface area (Å²) in [6, 6.07) is 0. The van der Waals surface area contributed by atoms with E-state index in [2.05, 4.69) is 0 Å². The minimum Gasteiger partial charge on any atom is -0.512 e. The zero-order chi connectivity index (χ0) is 8.00. The van der Waals surface area contributed by atoms with Crippen LogP contribution in [0.4, 0.5) is 0 Å². The smallest absolute Gasteiger partial charge is 0.512 e. The molecule has 0 aromatic carbocycles. The average Bonchev–Trinajstić information content (AvgIpc) is 2.03. The molecule has 0 radical (unpaired) electrons. The third-order valence-electron chi connectivity index (χ3n) is 0. The van der Waals surface area contributed by atoms with Crippen molar-refractivity contribution in [1.82, 2.24) is 0 Å². The topological polar surface area (TPSA) is 95.2 Å². The van der Waals surface area contributed by atoms with Crippen LogP contribution in [-0.2, 0) is 27.7 Å². The minimum absolute atomic E-state index is 0. The van der Waals surface area contributed by atoms with Gasteiger partial charge < -0.3 is 47.3 Å². The van der Waals surface area contributed by atoms with Crippen LogP contribution in [-0.4, -0.2) is 0 Å². The Morgan fingerprint density at radius 3 is 0.455 bits per heavy atom. The normalized spacial score (nSPS) is 0.727. The van der Waals surface area contributed by atoms with Gasteiger partial charge in [0.25, 0.3) is 0 Å². The second kappa shape index (κ2) is 1330. The van der Waals surface area contributed by atoms with E-state index in [0.29, 0.717) is 0 Å². The molecule has 0 saturated carbocycles. The van der Waals surface area contributed by atoms with Crippen LogP contribution < -0.4 is 59.1 Å². The molecule has 0 atom stereocenters. The molecule has 0 aliphatic rings. The maximum atomic E-state index is 6.25. The van der Waals surface area contributed by atoms with Gasteiger partial charge in [0.2, 0.25) is 0 Å². The van der Waals surface area contributed by atoms with Crippen LogP contribution in [0.2, 0.25) is 0 Å². The van der Waals surface area contributed by atoms with Gasteiger partial charge in [-0.1, -0.05) is 0 Å². The summed E-state index contributed by atoms with van der Waals surface area (Å²) in [4.78, 5) is 0. The van der Waals surface area contributed by atoms with Crippen LogP contribution >= 0.6 is 0 Å². The van der Waals surface area contributed by atoms with E-state index in [1.165, 1.54) is 0 Å². The van der Waals surface area contributed by atoms with Crippen molar-refractivity contribution in [1.29, 1.82) is 21.0 Å². The molecule has 0 unspecified atom stereocenters. The number of hydrogen-bond acceptors (Lipinski definition) is 4. The van der Waals surface area contributed by atoms with Crippen molar-refractivity contribution in [3.63, 3.8) is 0 Å². The van der Waals surface area contributed by atoms with Crippen LogP contribution in [0.3, 0.4) is 0 Å². The summed E-state index contributed by atoms with van der Waals surface area (Å²) in [6.07, 6.45) is 0. The molecular weight excluding hydrogens is 351 g/mol. The molecule has 11 heavy (non-hydrogen) atoms. The summed E-state index contributed by atoms with van der Waals surface area (Å²) in [5.41, 5.74) is 0. The van der Waals surface area contributed by atoms with Crippen molar-refractivity contribution in [2.45, 2.75) is 0 Å². The summed E-state index contributed by atoms with van der Waals surface area (Å²) < 4.78 is 0. The summed E-state index contributed by atoms with van der Waals surface area (Å²) in [5, 5.41) is 25.0. The fourth-order valence-electron chi connectivity index (χ4n) is 0. The minimum atomic E-state index is 0. The average molecular weight is 351 g/mol. The number of nitrogens with zero attached hydrogens (tertiary/aromatic N) is 4. The van der Waals surface area contributed by atoms with Gasteiger partial charge in [0.05, 0.1) is 0 Å². The predicted molar refractivity (Wildman–Crippen MR) is 19.9 cm³/mol. The SMILES string of the molecule is [C-]#N.[C-]#N.[C-]#N.[C-]#N.[Hg+2].[Na+].[Na+]. The standard InChI is InChI=1S/4CN.Hg.2Na/c4*1-2;;;/q4*-1;+2;2*+1. The predicted octanol–water partition coefficient (Wildman–Crippen LogP) is -5.61. The maximum absolute atomic E-state index is 6.25. The van der Waals surface area contributed by atoms with E-state index in [1.54, 1.807) is 0 Å². The van der Waals surface area contributed by atoms with E-state index >= 15 is 0 Å².